The maximum atomic E-state index is 12.0. The number of hydrogen-bond acceptors (Lipinski definition) is 3. The Bertz CT molecular complexity index is 410. The average Bonchev–Trinajstić information content (AvgIpc) is 2.48. The topological polar surface area (TPSA) is 46.5 Å². The van der Waals surface area contributed by atoms with Crippen molar-refractivity contribution in [3.8, 4) is 5.75 Å². The molecule has 3 heteroatoms. The van der Waals surface area contributed by atoms with Crippen molar-refractivity contribution in [2.24, 2.45) is 11.8 Å². The van der Waals surface area contributed by atoms with Crippen LogP contribution in [0.5, 0.6) is 5.75 Å². The standard InChI is InChI=1S/C17H24O3/c1-13(16(18)12-14-8-4-2-5-9-14)17(19)20-15-10-6-3-7-11-15/h3,6-7,10-11,13-14,16,18H,2,4-5,8-9,12H2,1H3/t13-,16-/m0/s1. The minimum absolute atomic E-state index is 0.348. The summed E-state index contributed by atoms with van der Waals surface area (Å²) in [5, 5.41) is 10.2. The molecule has 0 radical (unpaired) electrons. The Morgan fingerprint density at radius 2 is 1.90 bits per heavy atom. The van der Waals surface area contributed by atoms with E-state index in [0.717, 1.165) is 0 Å². The molecule has 1 aromatic carbocycles. The lowest BCUT2D eigenvalue weighted by Gasteiger charge is -2.26. The second-order valence-electron chi connectivity index (χ2n) is 5.83. The highest BCUT2D eigenvalue weighted by Crippen LogP contribution is 2.29. The fourth-order valence-electron chi connectivity index (χ4n) is 2.82. The van der Waals surface area contributed by atoms with E-state index >= 15 is 0 Å². The van der Waals surface area contributed by atoms with E-state index in [4.69, 9.17) is 4.74 Å². The van der Waals surface area contributed by atoms with E-state index in [9.17, 15) is 9.90 Å². The van der Waals surface area contributed by atoms with Crippen molar-refractivity contribution < 1.29 is 14.6 Å². The Kier molecular flexibility index (Phi) is 5.60. The van der Waals surface area contributed by atoms with Crippen molar-refractivity contribution >= 4 is 5.97 Å². The molecule has 1 aromatic rings. The third kappa shape index (κ3) is 4.34. The molecule has 3 nitrogen and oxygen atoms in total. The monoisotopic (exact) mass is 276 g/mol. The van der Waals surface area contributed by atoms with Crippen LogP contribution in [0.1, 0.15) is 45.4 Å². The molecule has 0 heterocycles. The van der Waals surface area contributed by atoms with Crippen LogP contribution in [0, 0.1) is 11.8 Å². The van der Waals surface area contributed by atoms with Crippen molar-refractivity contribution in [1.82, 2.24) is 0 Å². The molecule has 20 heavy (non-hydrogen) atoms. The molecule has 110 valence electrons. The molecule has 1 aliphatic carbocycles. The van der Waals surface area contributed by atoms with Crippen molar-refractivity contribution in [2.45, 2.75) is 51.6 Å². The molecule has 0 aromatic heterocycles. The van der Waals surface area contributed by atoms with Crippen molar-refractivity contribution in [1.29, 1.82) is 0 Å². The zero-order valence-corrected chi connectivity index (χ0v) is 12.1. The second-order valence-corrected chi connectivity index (χ2v) is 5.83. The van der Waals surface area contributed by atoms with E-state index in [2.05, 4.69) is 0 Å². The van der Waals surface area contributed by atoms with E-state index < -0.39 is 12.0 Å². The summed E-state index contributed by atoms with van der Waals surface area (Å²) in [6.07, 6.45) is 6.27. The number of carbonyl (C=O) groups is 1. The molecule has 1 N–H and O–H groups in total. The highest BCUT2D eigenvalue weighted by atomic mass is 16.5. The van der Waals surface area contributed by atoms with E-state index in [-0.39, 0.29) is 5.97 Å². The van der Waals surface area contributed by atoms with Crippen LogP contribution in [0.2, 0.25) is 0 Å². The molecule has 0 spiro atoms. The van der Waals surface area contributed by atoms with Gasteiger partial charge >= 0.3 is 5.97 Å². The molecule has 2 rings (SSSR count). The number of aliphatic hydroxyl groups excluding tert-OH is 1. The normalized spacial score (nSPS) is 19.3. The number of esters is 1. The first kappa shape index (κ1) is 15.0. The summed E-state index contributed by atoms with van der Waals surface area (Å²) in [4.78, 5) is 12.0. The van der Waals surface area contributed by atoms with E-state index in [1.165, 1.54) is 32.1 Å². The molecular weight excluding hydrogens is 252 g/mol. The van der Waals surface area contributed by atoms with Gasteiger partial charge in [0.2, 0.25) is 0 Å². The lowest BCUT2D eigenvalue weighted by Crippen LogP contribution is -2.31. The molecule has 1 saturated carbocycles. The van der Waals surface area contributed by atoms with Gasteiger partial charge in [-0.3, -0.25) is 4.79 Å². The third-order valence-electron chi connectivity index (χ3n) is 4.21. The van der Waals surface area contributed by atoms with Crippen LogP contribution in [0.15, 0.2) is 30.3 Å². The van der Waals surface area contributed by atoms with Crippen LogP contribution in [0.4, 0.5) is 0 Å². The van der Waals surface area contributed by atoms with Crippen LogP contribution >= 0.6 is 0 Å². The van der Waals surface area contributed by atoms with Gasteiger partial charge in [0.15, 0.2) is 0 Å². The van der Waals surface area contributed by atoms with Gasteiger partial charge in [0.05, 0.1) is 12.0 Å². The quantitative estimate of drug-likeness (QED) is 0.660. The van der Waals surface area contributed by atoms with Crippen LogP contribution in [-0.4, -0.2) is 17.2 Å². The van der Waals surface area contributed by atoms with E-state index in [1.807, 2.05) is 18.2 Å². The largest absolute Gasteiger partial charge is 0.426 e. The van der Waals surface area contributed by atoms with Gasteiger partial charge in [0, 0.05) is 0 Å². The van der Waals surface area contributed by atoms with Gasteiger partial charge in [-0.1, -0.05) is 50.3 Å². The van der Waals surface area contributed by atoms with Gasteiger partial charge in [-0.05, 0) is 31.4 Å². The molecule has 0 bridgehead atoms. The molecule has 1 aliphatic rings. The lowest BCUT2D eigenvalue weighted by molar-refractivity contribution is -0.142. The van der Waals surface area contributed by atoms with Crippen molar-refractivity contribution in [3.05, 3.63) is 30.3 Å². The molecule has 2 atom stereocenters. The third-order valence-corrected chi connectivity index (χ3v) is 4.21. The zero-order chi connectivity index (χ0) is 14.4. The van der Waals surface area contributed by atoms with Gasteiger partial charge in [-0.15, -0.1) is 0 Å². The highest BCUT2D eigenvalue weighted by Gasteiger charge is 2.27. The maximum absolute atomic E-state index is 12.0. The summed E-state index contributed by atoms with van der Waals surface area (Å²) >= 11 is 0. The molecule has 0 unspecified atom stereocenters. The average molecular weight is 276 g/mol. The molecule has 0 aliphatic heterocycles. The number of carbonyl (C=O) groups excluding carboxylic acids is 1. The van der Waals surface area contributed by atoms with Crippen molar-refractivity contribution in [2.75, 3.05) is 0 Å². The Morgan fingerprint density at radius 1 is 1.25 bits per heavy atom. The lowest BCUT2D eigenvalue weighted by atomic mass is 9.83. The number of benzene rings is 1. The predicted octanol–water partition coefficient (Wildman–Crippen LogP) is 3.56. The van der Waals surface area contributed by atoms with Crippen LogP contribution in [0.3, 0.4) is 0 Å². The van der Waals surface area contributed by atoms with E-state index in [1.54, 1.807) is 19.1 Å². The summed E-state index contributed by atoms with van der Waals surface area (Å²) in [7, 11) is 0. The molecule has 0 saturated heterocycles. The minimum Gasteiger partial charge on any atom is -0.426 e. The first-order valence-corrected chi connectivity index (χ1v) is 7.61. The Labute approximate surface area is 121 Å². The SMILES string of the molecule is C[C@H](C(=O)Oc1ccccc1)[C@@H](O)CC1CCCCC1. The second kappa shape index (κ2) is 7.44. The highest BCUT2D eigenvalue weighted by molar-refractivity contribution is 5.75. The summed E-state index contributed by atoms with van der Waals surface area (Å²) < 4.78 is 5.29. The maximum Gasteiger partial charge on any atom is 0.316 e. The number of rotatable bonds is 5. The van der Waals surface area contributed by atoms with Gasteiger partial charge < -0.3 is 9.84 Å². The molecule has 1 fully saturated rings. The molecule has 0 amide bonds. The van der Waals surface area contributed by atoms with E-state index in [0.29, 0.717) is 18.1 Å². The number of ether oxygens (including phenoxy) is 1. The first-order valence-electron chi connectivity index (χ1n) is 7.61. The van der Waals surface area contributed by atoms with Gasteiger partial charge in [-0.25, -0.2) is 0 Å². The van der Waals surface area contributed by atoms with Crippen LogP contribution < -0.4 is 4.74 Å². The summed E-state index contributed by atoms with van der Waals surface area (Å²) in [6, 6.07) is 9.02. The Balaban J connectivity index is 1.82. The minimum atomic E-state index is -0.602. The fourth-order valence-corrected chi connectivity index (χ4v) is 2.82. The van der Waals surface area contributed by atoms with Crippen LogP contribution in [-0.2, 0) is 4.79 Å². The predicted molar refractivity (Wildman–Crippen MR) is 78.4 cm³/mol. The van der Waals surface area contributed by atoms with Gasteiger partial charge in [0.25, 0.3) is 0 Å². The summed E-state index contributed by atoms with van der Waals surface area (Å²) in [5.74, 6) is 0.275. The van der Waals surface area contributed by atoms with Gasteiger partial charge in [0.1, 0.15) is 5.75 Å². The number of para-hydroxylation sites is 1. The Morgan fingerprint density at radius 3 is 2.55 bits per heavy atom. The zero-order valence-electron chi connectivity index (χ0n) is 12.1. The number of hydrogen-bond donors (Lipinski definition) is 1. The van der Waals surface area contributed by atoms with Crippen molar-refractivity contribution in [3.63, 3.8) is 0 Å². The summed E-state index contributed by atoms with van der Waals surface area (Å²) in [5.41, 5.74) is 0. The molecular formula is C17H24O3. The number of aliphatic hydroxyl groups is 1. The van der Waals surface area contributed by atoms with Gasteiger partial charge in [-0.2, -0.15) is 0 Å². The summed E-state index contributed by atoms with van der Waals surface area (Å²) in [6.45, 7) is 1.75. The smallest absolute Gasteiger partial charge is 0.316 e. The fraction of sp³-hybridized carbons (Fsp3) is 0.588. The Hall–Kier alpha value is -1.35. The van der Waals surface area contributed by atoms with Crippen LogP contribution in [0.25, 0.3) is 0 Å². The first-order chi connectivity index (χ1) is 9.66.